The first kappa shape index (κ1) is 25.3. The summed E-state index contributed by atoms with van der Waals surface area (Å²) in [5, 5.41) is 6.44. The largest absolute Gasteiger partial charge is 0.378 e. The van der Waals surface area contributed by atoms with Gasteiger partial charge in [-0.3, -0.25) is 14.4 Å². The number of amides is 2. The number of likely N-dealkylation sites (N-methyl/N-ethyl adjacent to an activating group) is 1. The van der Waals surface area contributed by atoms with Gasteiger partial charge in [0, 0.05) is 43.9 Å². The topological polar surface area (TPSA) is 91.0 Å². The Morgan fingerprint density at radius 2 is 1.89 bits per heavy atom. The Labute approximate surface area is 210 Å². The van der Waals surface area contributed by atoms with Gasteiger partial charge in [0.1, 0.15) is 0 Å². The molecule has 4 rings (SSSR count). The Bertz CT molecular complexity index is 1120. The first-order valence-corrected chi connectivity index (χ1v) is 12.8. The number of ketones is 1. The highest BCUT2D eigenvalue weighted by atomic mass is 32.1. The summed E-state index contributed by atoms with van der Waals surface area (Å²) in [5.74, 6) is -1.16. The van der Waals surface area contributed by atoms with E-state index in [0.29, 0.717) is 38.4 Å². The molecule has 2 aromatic rings. The second kappa shape index (κ2) is 10.5. The van der Waals surface area contributed by atoms with Crippen molar-refractivity contribution >= 4 is 39.6 Å². The molecule has 1 saturated heterocycles. The number of nitrogens with zero attached hydrogens (tertiary/aromatic N) is 2. The Kier molecular flexibility index (Phi) is 7.59. The van der Waals surface area contributed by atoms with E-state index in [2.05, 4.69) is 29.4 Å². The zero-order valence-corrected chi connectivity index (χ0v) is 21.7. The van der Waals surface area contributed by atoms with Gasteiger partial charge in [0.05, 0.1) is 23.1 Å². The maximum absolute atomic E-state index is 13.1. The minimum Gasteiger partial charge on any atom is -0.378 e. The Hall–Kier alpha value is -2.75. The molecule has 9 heteroatoms. The third kappa shape index (κ3) is 5.91. The van der Waals surface area contributed by atoms with Crippen molar-refractivity contribution in [3.63, 3.8) is 0 Å². The molecule has 2 amide bonds. The van der Waals surface area contributed by atoms with E-state index in [1.165, 1.54) is 0 Å². The number of carbonyl (C=O) groups is 3. The summed E-state index contributed by atoms with van der Waals surface area (Å²) in [6, 6.07) is 7.54. The van der Waals surface area contributed by atoms with Gasteiger partial charge < -0.3 is 25.2 Å². The van der Waals surface area contributed by atoms with E-state index in [0.717, 1.165) is 46.1 Å². The minimum atomic E-state index is -0.696. The fraction of sp³-hybridized carbons (Fsp3) is 0.500. The number of hydrogen-bond acceptors (Lipinski definition) is 7. The zero-order valence-electron chi connectivity index (χ0n) is 20.9. The van der Waals surface area contributed by atoms with E-state index < -0.39 is 11.8 Å². The molecule has 1 aromatic carbocycles. The molecule has 2 heterocycles. The van der Waals surface area contributed by atoms with Crippen molar-refractivity contribution in [1.29, 1.82) is 0 Å². The lowest BCUT2D eigenvalue weighted by molar-refractivity contribution is -0.136. The van der Waals surface area contributed by atoms with Gasteiger partial charge in [-0.05, 0) is 49.2 Å². The lowest BCUT2D eigenvalue weighted by Crippen LogP contribution is -2.38. The molecule has 2 N–H and O–H groups in total. The molecule has 1 aromatic heterocycles. The van der Waals surface area contributed by atoms with Gasteiger partial charge in [0.15, 0.2) is 5.78 Å². The molecule has 0 atom stereocenters. The molecule has 0 saturated carbocycles. The van der Waals surface area contributed by atoms with Crippen LogP contribution in [0.15, 0.2) is 24.3 Å². The molecule has 2 aliphatic rings. The molecular weight excluding hydrogens is 464 g/mol. The molecule has 1 aliphatic carbocycles. The first-order valence-electron chi connectivity index (χ1n) is 12.0. The van der Waals surface area contributed by atoms with Crippen molar-refractivity contribution in [2.24, 2.45) is 5.41 Å². The number of rotatable bonds is 6. The van der Waals surface area contributed by atoms with E-state index in [-0.39, 0.29) is 11.2 Å². The van der Waals surface area contributed by atoms with Crippen molar-refractivity contribution in [2.75, 3.05) is 63.7 Å². The first-order chi connectivity index (χ1) is 16.6. The maximum atomic E-state index is 13.1. The number of fused-ring (bicyclic) bond motifs is 1. The Balaban J connectivity index is 1.64. The number of anilines is 2. The van der Waals surface area contributed by atoms with Crippen LogP contribution in [0, 0.1) is 5.41 Å². The lowest BCUT2D eigenvalue weighted by atomic mass is 9.75. The number of morpholine rings is 1. The van der Waals surface area contributed by atoms with E-state index >= 15 is 0 Å². The van der Waals surface area contributed by atoms with Crippen molar-refractivity contribution < 1.29 is 19.1 Å². The van der Waals surface area contributed by atoms with Gasteiger partial charge in [-0.15, -0.1) is 11.3 Å². The molecule has 0 bridgehead atoms. The van der Waals surface area contributed by atoms with Gasteiger partial charge in [-0.25, -0.2) is 0 Å². The summed E-state index contributed by atoms with van der Waals surface area (Å²) in [6.07, 6.45) is 1.36. The molecule has 188 valence electrons. The fourth-order valence-electron chi connectivity index (χ4n) is 4.60. The van der Waals surface area contributed by atoms with Crippen LogP contribution in [0.4, 0.5) is 10.7 Å². The number of thiophene rings is 1. The van der Waals surface area contributed by atoms with E-state index in [4.69, 9.17) is 4.74 Å². The quantitative estimate of drug-likeness (QED) is 0.595. The van der Waals surface area contributed by atoms with Crippen LogP contribution < -0.4 is 15.5 Å². The molecule has 8 nitrogen and oxygen atoms in total. The predicted octanol–water partition coefficient (Wildman–Crippen LogP) is 3.02. The van der Waals surface area contributed by atoms with Gasteiger partial charge in [-0.2, -0.15) is 0 Å². The maximum Gasteiger partial charge on any atom is 0.313 e. The lowest BCUT2D eigenvalue weighted by Gasteiger charge is -2.30. The van der Waals surface area contributed by atoms with Gasteiger partial charge in [0.2, 0.25) is 0 Å². The highest BCUT2D eigenvalue weighted by Crippen LogP contribution is 2.49. The molecule has 1 fully saturated rings. The molecule has 0 spiro atoms. The summed E-state index contributed by atoms with van der Waals surface area (Å²) < 4.78 is 5.56. The predicted molar refractivity (Wildman–Crippen MR) is 139 cm³/mol. The molecular formula is C26H34N4O4S. The normalized spacial score (nSPS) is 17.3. The second-order valence-electron chi connectivity index (χ2n) is 10.2. The minimum absolute atomic E-state index is 0.112. The monoisotopic (exact) mass is 498 g/mol. The van der Waals surface area contributed by atoms with Crippen LogP contribution in [0.1, 0.15) is 35.5 Å². The van der Waals surface area contributed by atoms with Crippen LogP contribution in [-0.2, 0) is 20.7 Å². The van der Waals surface area contributed by atoms with E-state index in [9.17, 15) is 14.4 Å². The average Bonchev–Trinajstić information content (AvgIpc) is 3.18. The molecule has 0 radical (unpaired) electrons. The number of hydrogen-bond donors (Lipinski definition) is 2. The fourth-order valence-corrected chi connectivity index (χ4v) is 5.93. The molecule has 35 heavy (non-hydrogen) atoms. The van der Waals surface area contributed by atoms with Crippen LogP contribution in [-0.4, -0.2) is 76.0 Å². The number of carbonyl (C=O) groups excluding carboxylic acids is 3. The number of nitrogens with one attached hydrogen (secondary N) is 2. The highest BCUT2D eigenvalue weighted by molar-refractivity contribution is 7.19. The second-order valence-corrected chi connectivity index (χ2v) is 11.2. The SMILES string of the molecule is CN(C)CCNC(=O)C(=O)Nc1cccc(-c2c(N3CCOCC3)sc3c2CC(C)(C)CC3=O)c1. The zero-order chi connectivity index (χ0) is 25.2. The third-order valence-corrected chi connectivity index (χ3v) is 7.63. The van der Waals surface area contributed by atoms with Crippen LogP contribution in [0.2, 0.25) is 0 Å². The van der Waals surface area contributed by atoms with Crippen molar-refractivity contribution in [3.8, 4) is 11.1 Å². The van der Waals surface area contributed by atoms with Crippen LogP contribution in [0.3, 0.4) is 0 Å². The van der Waals surface area contributed by atoms with E-state index in [1.807, 2.05) is 37.2 Å². The highest BCUT2D eigenvalue weighted by Gasteiger charge is 2.37. The van der Waals surface area contributed by atoms with Crippen LogP contribution in [0.25, 0.3) is 11.1 Å². The Morgan fingerprint density at radius 3 is 2.60 bits per heavy atom. The smallest absolute Gasteiger partial charge is 0.313 e. The summed E-state index contributed by atoms with van der Waals surface area (Å²) in [4.78, 5) is 42.8. The van der Waals surface area contributed by atoms with Crippen LogP contribution in [0.5, 0.6) is 0 Å². The number of benzene rings is 1. The van der Waals surface area contributed by atoms with Gasteiger partial charge in [0.25, 0.3) is 0 Å². The van der Waals surface area contributed by atoms with Crippen LogP contribution >= 0.6 is 11.3 Å². The van der Waals surface area contributed by atoms with Crippen molar-refractivity contribution in [1.82, 2.24) is 10.2 Å². The molecule has 0 unspecified atom stereocenters. The summed E-state index contributed by atoms with van der Waals surface area (Å²) in [6.45, 7) is 8.16. The van der Waals surface area contributed by atoms with Crippen molar-refractivity contribution in [2.45, 2.75) is 26.7 Å². The number of ether oxygens (including phenoxy) is 1. The standard InChI is InChI=1S/C26H34N4O4S/c1-26(2)15-19-21(25(30-10-12-34-13-11-30)35-22(19)20(31)16-26)17-6-5-7-18(14-17)28-24(33)23(32)27-8-9-29(3)4/h5-7,14H,8-13,15-16H2,1-4H3,(H,27,32)(H,28,33). The third-order valence-electron chi connectivity index (χ3n) is 6.29. The average molecular weight is 499 g/mol. The Morgan fingerprint density at radius 1 is 1.14 bits per heavy atom. The summed E-state index contributed by atoms with van der Waals surface area (Å²) in [7, 11) is 3.81. The summed E-state index contributed by atoms with van der Waals surface area (Å²) >= 11 is 1.57. The molecule has 1 aliphatic heterocycles. The summed E-state index contributed by atoms with van der Waals surface area (Å²) in [5.41, 5.74) is 3.51. The van der Waals surface area contributed by atoms with E-state index in [1.54, 1.807) is 17.4 Å². The van der Waals surface area contributed by atoms with Gasteiger partial charge >= 0.3 is 11.8 Å². The van der Waals surface area contributed by atoms with Crippen molar-refractivity contribution in [3.05, 3.63) is 34.7 Å². The number of Topliss-reactive ketones (excluding diaryl/α,β-unsaturated/α-hetero) is 1. The van der Waals surface area contributed by atoms with Gasteiger partial charge in [-0.1, -0.05) is 26.0 Å².